The zero-order chi connectivity index (χ0) is 45.9. The molecule has 20 nitrogen and oxygen atoms in total. The van der Waals surface area contributed by atoms with Crippen molar-refractivity contribution in [3.05, 3.63) is 69.1 Å². The number of piperidine rings is 2. The molecule has 0 aromatic rings. The van der Waals surface area contributed by atoms with Crippen molar-refractivity contribution in [3.8, 4) is 12.1 Å². The molecule has 2 saturated heterocycles. The molecule has 0 aromatic carbocycles. The number of halogens is 6. The van der Waals surface area contributed by atoms with E-state index in [4.69, 9.17) is 21.3 Å². The van der Waals surface area contributed by atoms with Crippen molar-refractivity contribution in [1.29, 1.82) is 10.5 Å². The Kier molecular flexibility index (Phi) is 14.6. The molecule has 0 radical (unpaired) electrons. The van der Waals surface area contributed by atoms with E-state index in [2.05, 4.69) is 39.2 Å². The third-order valence-electron chi connectivity index (χ3n) is 9.14. The third-order valence-corrected chi connectivity index (χ3v) is 11.2. The minimum absolute atomic E-state index is 0. The number of nitrogens with zero attached hydrogens (tertiary/aromatic N) is 16. The second-order valence-corrected chi connectivity index (χ2v) is 16.4. The van der Waals surface area contributed by atoms with Gasteiger partial charge in [0.25, 0.3) is 11.9 Å². The molecule has 0 atom stereocenters. The second-order valence-electron chi connectivity index (χ2n) is 13.2. The quantitative estimate of drug-likeness (QED) is 0.131. The molecule has 6 aliphatic rings. The fourth-order valence-electron chi connectivity index (χ4n) is 6.01. The number of likely N-dealkylation sites (tertiary alicyclic amines) is 2. The van der Waals surface area contributed by atoms with Crippen LogP contribution in [0.3, 0.4) is 0 Å². The number of allylic oxidation sites excluding steroid dienone is 8. The Labute approximate surface area is 364 Å². The van der Waals surface area contributed by atoms with Crippen LogP contribution in [0.25, 0.3) is 10.8 Å². The maximum Gasteiger partial charge on any atom is 2.00 e. The smallest absolute Gasteiger partial charge is 0.761 e. The molecular formula is C34H28F6N16NiO4S2. The standard InChI is InChI=1S/2C17H14F3N8O2S.Ni/c2*1-27-5-3-4-10-6-11(12(7-14(10)27)26-31(29,30)17(18,19)20)24-25-16-23-13(8-21)15(9-22)28(16)2;/h2*6-7H,3-5H2,1-2H3;/q2*-1;+2/b24-11+,25-16+,26-12+;24-11+,25-16+,26-12-;. The van der Waals surface area contributed by atoms with Gasteiger partial charge in [-0.1, -0.05) is 0 Å². The van der Waals surface area contributed by atoms with Gasteiger partial charge < -0.3 is 30.4 Å². The first-order chi connectivity index (χ1) is 29.0. The van der Waals surface area contributed by atoms with Crippen LogP contribution in [0.2, 0.25) is 0 Å². The number of rotatable bonds is 4. The summed E-state index contributed by atoms with van der Waals surface area (Å²) in [7, 11) is -5.38. The van der Waals surface area contributed by atoms with Crippen molar-refractivity contribution in [2.45, 2.75) is 36.7 Å². The number of hydrogen-bond donors (Lipinski definition) is 0. The maximum absolute atomic E-state index is 12.9. The van der Waals surface area contributed by atoms with Crippen LogP contribution in [-0.2, 0) is 36.5 Å². The summed E-state index contributed by atoms with van der Waals surface area (Å²) in [6.45, 7) is 1.28. The molecule has 332 valence electrons. The predicted molar refractivity (Wildman–Crippen MR) is 216 cm³/mol. The van der Waals surface area contributed by atoms with Gasteiger partial charge in [0, 0.05) is 52.7 Å². The summed E-state index contributed by atoms with van der Waals surface area (Å²) in [5, 5.41) is 51.6. The molecule has 0 bridgehead atoms. The molecular weight excluding hydrogens is 933 g/mol. The minimum Gasteiger partial charge on any atom is -0.761 e. The van der Waals surface area contributed by atoms with Gasteiger partial charge in [-0.05, 0) is 61.1 Å². The second kappa shape index (κ2) is 18.8. The Bertz CT molecular complexity index is 2610. The van der Waals surface area contributed by atoms with Crippen molar-refractivity contribution < 1.29 is 59.7 Å². The molecule has 0 unspecified atom stereocenters. The van der Waals surface area contributed by atoms with Gasteiger partial charge in [0.15, 0.2) is 11.4 Å². The minimum atomic E-state index is -5.82. The first-order valence-corrected chi connectivity index (χ1v) is 20.3. The number of likely N-dealkylation sites (N-methyl/N-ethyl adjacent to an activating group) is 2. The molecule has 0 aromatic heterocycles. The zero-order valence-corrected chi connectivity index (χ0v) is 35.4. The fourth-order valence-corrected chi connectivity index (χ4v) is 7.03. The Hall–Kier alpha value is -6.63. The summed E-state index contributed by atoms with van der Waals surface area (Å²) in [5.41, 5.74) is -10.7. The monoisotopic (exact) mass is 960 g/mol. The molecule has 63 heavy (non-hydrogen) atoms. The summed E-state index contributed by atoms with van der Waals surface area (Å²) in [6, 6.07) is 3.45. The molecule has 4 heterocycles. The molecule has 6 rings (SSSR count). The SMILES string of the molecule is CN1CCCC2=CC(=N\N=C3/N=C(C#N)C(=C=[N-])N3C)/C(=N/S(=O)(=O)C(F)(F)F)C=C21.CN1CCCC2=CC(=N\N=C3/N=C(C#N)C(=C=[N-])N3C)/C(=N\S(=O)(=O)C(F)(F)F)C=C21.[Ni+2]. The first-order valence-electron chi connectivity index (χ1n) is 17.4. The number of hydrogen-bond acceptors (Lipinski definition) is 12. The molecule has 4 aliphatic heterocycles. The Morgan fingerprint density at radius 1 is 0.619 bits per heavy atom. The summed E-state index contributed by atoms with van der Waals surface area (Å²) >= 11 is 0. The third kappa shape index (κ3) is 10.4. The number of sulfonamides is 2. The van der Waals surface area contributed by atoms with E-state index in [-0.39, 0.29) is 62.7 Å². The van der Waals surface area contributed by atoms with Crippen molar-refractivity contribution in [1.82, 2.24) is 19.6 Å². The normalized spacial score (nSPS) is 23.0. The van der Waals surface area contributed by atoms with Crippen molar-refractivity contribution in [3.63, 3.8) is 0 Å². The van der Waals surface area contributed by atoms with Gasteiger partial charge in [0.05, 0.1) is 0 Å². The van der Waals surface area contributed by atoms with E-state index in [0.29, 0.717) is 37.3 Å². The van der Waals surface area contributed by atoms with Gasteiger partial charge in [-0.2, -0.15) is 72.5 Å². The van der Waals surface area contributed by atoms with E-state index in [9.17, 15) is 43.2 Å². The van der Waals surface area contributed by atoms with Crippen molar-refractivity contribution in [2.75, 3.05) is 41.3 Å². The van der Waals surface area contributed by atoms with E-state index in [1.165, 1.54) is 48.2 Å². The molecule has 2 fully saturated rings. The number of nitriles is 2. The zero-order valence-electron chi connectivity index (χ0n) is 32.7. The topological polar surface area (TPSA) is 272 Å². The summed E-state index contributed by atoms with van der Waals surface area (Å²) in [4.78, 5) is 13.6. The van der Waals surface area contributed by atoms with Crippen LogP contribution in [0.5, 0.6) is 0 Å². The average molecular weight is 962 g/mol. The van der Waals surface area contributed by atoms with Gasteiger partial charge in [-0.25, -0.2) is 11.7 Å². The van der Waals surface area contributed by atoms with Gasteiger partial charge in [0.2, 0.25) is 0 Å². The van der Waals surface area contributed by atoms with Crippen LogP contribution in [0.1, 0.15) is 25.7 Å². The summed E-state index contributed by atoms with van der Waals surface area (Å²) in [5.74, 6) is 3.25. The molecule has 29 heteroatoms. The van der Waals surface area contributed by atoms with E-state index in [1.807, 2.05) is 0 Å². The van der Waals surface area contributed by atoms with Crippen molar-refractivity contribution >= 4 is 78.0 Å². The summed E-state index contributed by atoms with van der Waals surface area (Å²) in [6.07, 6.45) is 8.04. The Balaban J connectivity index is 0.000000272. The van der Waals surface area contributed by atoms with E-state index >= 15 is 0 Å². The van der Waals surface area contributed by atoms with Crippen LogP contribution in [0.4, 0.5) is 26.3 Å². The van der Waals surface area contributed by atoms with E-state index in [1.54, 1.807) is 47.8 Å². The van der Waals surface area contributed by atoms with Crippen LogP contribution in [0, 0.1) is 22.7 Å². The molecule has 0 N–H and O–H groups in total. The van der Waals surface area contributed by atoms with Crippen LogP contribution < -0.4 is 0 Å². The Morgan fingerprint density at radius 3 is 1.25 bits per heavy atom. The van der Waals surface area contributed by atoms with Crippen molar-refractivity contribution in [2.24, 2.45) is 39.2 Å². The van der Waals surface area contributed by atoms with Crippen LogP contribution in [0.15, 0.2) is 97.4 Å². The van der Waals surface area contributed by atoms with E-state index < -0.39 is 42.5 Å². The fraction of sp³-hybridized carbons (Fsp3) is 0.353. The predicted octanol–water partition coefficient (Wildman–Crippen LogP) is 3.14. The largest absolute Gasteiger partial charge is 2.00 e. The first kappa shape index (κ1) is 49.0. The molecule has 0 saturated carbocycles. The number of guanidine groups is 2. The van der Waals surface area contributed by atoms with Gasteiger partial charge in [0.1, 0.15) is 46.4 Å². The molecule has 2 aliphatic carbocycles. The van der Waals surface area contributed by atoms with E-state index in [0.717, 1.165) is 24.0 Å². The molecule has 0 spiro atoms. The van der Waals surface area contributed by atoms with Crippen LogP contribution >= 0.6 is 0 Å². The Morgan fingerprint density at radius 2 is 0.968 bits per heavy atom. The summed E-state index contributed by atoms with van der Waals surface area (Å²) < 4.78 is 130. The van der Waals surface area contributed by atoms with Gasteiger partial charge in [-0.3, -0.25) is 0 Å². The van der Waals surface area contributed by atoms with Crippen LogP contribution in [-0.4, -0.2) is 147 Å². The number of aliphatic imine (C=N–C) groups is 2. The molecule has 0 amide bonds. The maximum atomic E-state index is 12.9. The average Bonchev–Trinajstić information content (AvgIpc) is 3.69. The van der Waals surface area contributed by atoms with Gasteiger partial charge >= 0.3 is 47.6 Å². The number of alkyl halides is 6. The van der Waals surface area contributed by atoms with Gasteiger partial charge in [-0.15, -0.1) is 20.4 Å². The number of fused-ring (bicyclic) bond motifs is 2.